The van der Waals surface area contributed by atoms with Crippen LogP contribution in [0.5, 0.6) is 0 Å². The molecule has 0 aliphatic heterocycles. The van der Waals surface area contributed by atoms with Gasteiger partial charge in [0.1, 0.15) is 10.8 Å². The van der Waals surface area contributed by atoms with Crippen LogP contribution in [0.4, 0.5) is 5.82 Å². The molecule has 21 heavy (non-hydrogen) atoms. The van der Waals surface area contributed by atoms with Gasteiger partial charge in [-0.25, -0.2) is 9.97 Å². The van der Waals surface area contributed by atoms with Gasteiger partial charge in [-0.15, -0.1) is 0 Å². The first kappa shape index (κ1) is 15.3. The molecule has 1 aromatic heterocycles. The van der Waals surface area contributed by atoms with E-state index in [9.17, 15) is 0 Å². The minimum atomic E-state index is -1.16. The molecule has 0 fully saturated rings. The summed E-state index contributed by atoms with van der Waals surface area (Å²) < 4.78 is 0. The first-order chi connectivity index (χ1) is 9.99. The quantitative estimate of drug-likeness (QED) is 0.897. The molecule has 1 heterocycles. The minimum Gasteiger partial charge on any atom is -0.382 e. The molecule has 0 spiro atoms. The first-order valence-corrected chi connectivity index (χ1v) is 6.69. The van der Waals surface area contributed by atoms with Gasteiger partial charge in [0.25, 0.3) is 0 Å². The molecule has 0 aliphatic rings. The molecule has 104 valence electrons. The highest BCUT2D eigenvalue weighted by Gasteiger charge is 2.22. The fraction of sp³-hybridized carbons (Fsp3) is 0.0769. The number of nitriles is 2. The van der Waals surface area contributed by atoms with Crippen LogP contribution in [0.1, 0.15) is 11.6 Å². The number of rotatable bonds is 2. The van der Waals surface area contributed by atoms with E-state index in [0.29, 0.717) is 15.6 Å². The average Bonchev–Trinajstić information content (AvgIpc) is 2.44. The third-order valence-corrected chi connectivity index (χ3v) is 3.64. The van der Waals surface area contributed by atoms with Crippen molar-refractivity contribution in [2.75, 3.05) is 5.73 Å². The van der Waals surface area contributed by atoms with Crippen LogP contribution in [0.2, 0.25) is 15.1 Å². The van der Waals surface area contributed by atoms with Crippen molar-refractivity contribution in [3.8, 4) is 23.5 Å². The standard InChI is InChI=1S/C13H6Cl3N5/c14-7-2-1-3-8(15)9(7)13-20-11(6(4-17)5-18)10(16)12(19)21-13/h1-3,6H,(H2,19,20,21). The van der Waals surface area contributed by atoms with E-state index in [4.69, 9.17) is 51.1 Å². The maximum Gasteiger partial charge on any atom is 0.176 e. The number of anilines is 1. The lowest BCUT2D eigenvalue weighted by atomic mass is 10.1. The molecule has 0 bridgehead atoms. The molecule has 0 saturated heterocycles. The van der Waals surface area contributed by atoms with Crippen molar-refractivity contribution in [3.63, 3.8) is 0 Å². The molecule has 2 aromatic rings. The number of aromatic nitrogens is 2. The Morgan fingerprint density at radius 2 is 1.62 bits per heavy atom. The second kappa shape index (κ2) is 6.15. The van der Waals surface area contributed by atoms with E-state index in [1.165, 1.54) is 0 Å². The summed E-state index contributed by atoms with van der Waals surface area (Å²) >= 11 is 18.1. The lowest BCUT2D eigenvalue weighted by Crippen LogP contribution is -2.06. The van der Waals surface area contributed by atoms with Crippen LogP contribution in [0.15, 0.2) is 18.2 Å². The summed E-state index contributed by atoms with van der Waals surface area (Å²) in [6.45, 7) is 0. The van der Waals surface area contributed by atoms with Gasteiger partial charge in [-0.3, -0.25) is 0 Å². The van der Waals surface area contributed by atoms with E-state index in [1.54, 1.807) is 30.3 Å². The summed E-state index contributed by atoms with van der Waals surface area (Å²) in [5, 5.41) is 18.6. The number of hydrogen-bond donors (Lipinski definition) is 1. The summed E-state index contributed by atoms with van der Waals surface area (Å²) in [7, 11) is 0. The molecule has 2 N–H and O–H groups in total. The summed E-state index contributed by atoms with van der Waals surface area (Å²) in [6.07, 6.45) is 0. The van der Waals surface area contributed by atoms with E-state index in [-0.39, 0.29) is 22.4 Å². The van der Waals surface area contributed by atoms with Gasteiger partial charge in [0, 0.05) is 0 Å². The van der Waals surface area contributed by atoms with E-state index in [1.807, 2.05) is 0 Å². The van der Waals surface area contributed by atoms with Gasteiger partial charge >= 0.3 is 0 Å². The maximum absolute atomic E-state index is 8.98. The van der Waals surface area contributed by atoms with Crippen molar-refractivity contribution < 1.29 is 0 Å². The van der Waals surface area contributed by atoms with Crippen LogP contribution in [-0.4, -0.2) is 9.97 Å². The van der Waals surface area contributed by atoms with Crippen LogP contribution >= 0.6 is 34.8 Å². The molecular formula is C13H6Cl3N5. The number of hydrogen-bond acceptors (Lipinski definition) is 5. The lowest BCUT2D eigenvalue weighted by molar-refractivity contribution is 0.992. The molecule has 0 atom stereocenters. The third-order valence-electron chi connectivity index (χ3n) is 2.62. The van der Waals surface area contributed by atoms with E-state index >= 15 is 0 Å². The second-order valence-corrected chi connectivity index (χ2v) is 5.11. The fourth-order valence-corrected chi connectivity index (χ4v) is 2.41. The first-order valence-electron chi connectivity index (χ1n) is 5.56. The highest BCUT2D eigenvalue weighted by atomic mass is 35.5. The molecule has 5 nitrogen and oxygen atoms in total. The zero-order valence-electron chi connectivity index (χ0n) is 10.3. The van der Waals surface area contributed by atoms with Gasteiger partial charge in [-0.1, -0.05) is 40.9 Å². The lowest BCUT2D eigenvalue weighted by Gasteiger charge is -2.11. The Morgan fingerprint density at radius 3 is 2.14 bits per heavy atom. The molecule has 0 aliphatic carbocycles. The molecule has 0 radical (unpaired) electrons. The number of benzene rings is 1. The SMILES string of the molecule is N#CC(C#N)c1nc(-c2c(Cl)cccc2Cl)nc(N)c1Cl. The Bertz CT molecular complexity index is 757. The average molecular weight is 339 g/mol. The predicted octanol–water partition coefficient (Wildman–Crippen LogP) is 3.82. The van der Waals surface area contributed by atoms with Crippen LogP contribution in [-0.2, 0) is 0 Å². The molecule has 0 saturated carbocycles. The van der Waals surface area contributed by atoms with Gasteiger partial charge in [0.05, 0.1) is 33.4 Å². The van der Waals surface area contributed by atoms with E-state index in [2.05, 4.69) is 9.97 Å². The third kappa shape index (κ3) is 2.86. The number of nitrogens with two attached hydrogens (primary N) is 1. The van der Waals surface area contributed by atoms with Gasteiger partial charge < -0.3 is 5.73 Å². The van der Waals surface area contributed by atoms with Crippen molar-refractivity contribution in [2.45, 2.75) is 5.92 Å². The van der Waals surface area contributed by atoms with Crippen molar-refractivity contribution in [2.24, 2.45) is 0 Å². The van der Waals surface area contributed by atoms with Crippen LogP contribution in [0.25, 0.3) is 11.4 Å². The van der Waals surface area contributed by atoms with Gasteiger partial charge in [-0.2, -0.15) is 10.5 Å². The zero-order valence-corrected chi connectivity index (χ0v) is 12.6. The Morgan fingerprint density at radius 1 is 1.05 bits per heavy atom. The largest absolute Gasteiger partial charge is 0.382 e. The predicted molar refractivity (Wildman–Crippen MR) is 80.9 cm³/mol. The number of halogens is 3. The topological polar surface area (TPSA) is 99.4 Å². The van der Waals surface area contributed by atoms with E-state index in [0.717, 1.165) is 0 Å². The summed E-state index contributed by atoms with van der Waals surface area (Å²) in [5.74, 6) is -1.11. The molecule has 1 aromatic carbocycles. The highest BCUT2D eigenvalue weighted by molar-refractivity contribution is 6.39. The Hall–Kier alpha value is -2.05. The van der Waals surface area contributed by atoms with Crippen LogP contribution in [0.3, 0.4) is 0 Å². The summed E-state index contributed by atoms with van der Waals surface area (Å²) in [4.78, 5) is 8.15. The Labute approximate surface area is 135 Å². The summed E-state index contributed by atoms with van der Waals surface area (Å²) in [6, 6.07) is 8.47. The molecule has 2 rings (SSSR count). The second-order valence-electron chi connectivity index (χ2n) is 3.92. The molecular weight excluding hydrogens is 333 g/mol. The molecule has 0 amide bonds. The van der Waals surface area contributed by atoms with E-state index < -0.39 is 5.92 Å². The fourth-order valence-electron chi connectivity index (χ4n) is 1.65. The highest BCUT2D eigenvalue weighted by Crippen LogP contribution is 2.35. The van der Waals surface area contributed by atoms with Gasteiger partial charge in [-0.05, 0) is 12.1 Å². The van der Waals surface area contributed by atoms with Gasteiger partial charge in [0.2, 0.25) is 0 Å². The monoisotopic (exact) mass is 337 g/mol. The summed E-state index contributed by atoms with van der Waals surface area (Å²) in [5.41, 5.74) is 6.11. The van der Waals surface area contributed by atoms with Crippen LogP contribution in [0, 0.1) is 22.7 Å². The Kier molecular flexibility index (Phi) is 4.50. The molecule has 8 heteroatoms. The minimum absolute atomic E-state index is 0.0279. The van der Waals surface area contributed by atoms with Gasteiger partial charge in [0.15, 0.2) is 11.7 Å². The van der Waals surface area contributed by atoms with Crippen molar-refractivity contribution in [1.29, 1.82) is 10.5 Å². The smallest absolute Gasteiger partial charge is 0.176 e. The van der Waals surface area contributed by atoms with Crippen molar-refractivity contribution in [1.82, 2.24) is 9.97 Å². The van der Waals surface area contributed by atoms with Crippen molar-refractivity contribution >= 4 is 40.6 Å². The maximum atomic E-state index is 8.98. The van der Waals surface area contributed by atoms with Crippen LogP contribution < -0.4 is 5.73 Å². The zero-order chi connectivity index (χ0) is 15.6. The Balaban J connectivity index is 2.74. The number of nitrogen functional groups attached to an aromatic ring is 1. The normalized spacial score (nSPS) is 10.2. The number of nitrogens with zero attached hydrogens (tertiary/aromatic N) is 4. The molecule has 0 unspecified atom stereocenters. The van der Waals surface area contributed by atoms with Crippen molar-refractivity contribution in [3.05, 3.63) is 39.0 Å².